The van der Waals surface area contributed by atoms with E-state index < -0.39 is 0 Å². The SMILES string of the molecule is c1cc(C2OCCO2)ncc1C1CCNCC1. The number of nitrogens with zero attached hydrogens (tertiary/aromatic N) is 1. The van der Waals surface area contributed by atoms with E-state index in [9.17, 15) is 0 Å². The Kier molecular flexibility index (Phi) is 3.36. The van der Waals surface area contributed by atoms with Crippen LogP contribution in [-0.4, -0.2) is 31.3 Å². The normalized spacial score (nSPS) is 23.1. The van der Waals surface area contributed by atoms with E-state index in [1.165, 1.54) is 18.4 Å². The molecule has 0 unspecified atom stereocenters. The van der Waals surface area contributed by atoms with Crippen molar-refractivity contribution < 1.29 is 9.47 Å². The zero-order valence-electron chi connectivity index (χ0n) is 9.89. The van der Waals surface area contributed by atoms with Gasteiger partial charge < -0.3 is 14.8 Å². The molecule has 4 heteroatoms. The minimum absolute atomic E-state index is 0.253. The maximum absolute atomic E-state index is 5.43. The molecule has 2 aliphatic heterocycles. The molecule has 0 spiro atoms. The van der Waals surface area contributed by atoms with Crippen LogP contribution >= 0.6 is 0 Å². The molecule has 4 nitrogen and oxygen atoms in total. The summed E-state index contributed by atoms with van der Waals surface area (Å²) in [5, 5.41) is 3.38. The van der Waals surface area contributed by atoms with Crippen molar-refractivity contribution in [1.82, 2.24) is 10.3 Å². The number of aromatic nitrogens is 1. The van der Waals surface area contributed by atoms with Crippen LogP contribution in [0.1, 0.15) is 36.3 Å². The quantitative estimate of drug-likeness (QED) is 0.844. The van der Waals surface area contributed by atoms with E-state index in [1.54, 1.807) is 0 Å². The monoisotopic (exact) mass is 234 g/mol. The van der Waals surface area contributed by atoms with E-state index in [-0.39, 0.29) is 6.29 Å². The maximum Gasteiger partial charge on any atom is 0.201 e. The highest BCUT2D eigenvalue weighted by Gasteiger charge is 2.20. The van der Waals surface area contributed by atoms with Crippen molar-refractivity contribution in [3.05, 3.63) is 29.6 Å². The van der Waals surface area contributed by atoms with Gasteiger partial charge in [-0.25, -0.2) is 0 Å². The van der Waals surface area contributed by atoms with E-state index >= 15 is 0 Å². The van der Waals surface area contributed by atoms with Gasteiger partial charge in [-0.1, -0.05) is 6.07 Å². The largest absolute Gasteiger partial charge is 0.345 e. The van der Waals surface area contributed by atoms with Crippen LogP contribution in [0.15, 0.2) is 18.3 Å². The van der Waals surface area contributed by atoms with Gasteiger partial charge in [0.05, 0.1) is 18.9 Å². The van der Waals surface area contributed by atoms with Crippen molar-refractivity contribution in [2.24, 2.45) is 0 Å². The Bertz CT molecular complexity index is 354. The minimum Gasteiger partial charge on any atom is -0.345 e. The second kappa shape index (κ2) is 5.12. The molecule has 2 saturated heterocycles. The molecular formula is C13H18N2O2. The summed E-state index contributed by atoms with van der Waals surface area (Å²) in [4.78, 5) is 4.47. The molecule has 0 saturated carbocycles. The first-order valence-corrected chi connectivity index (χ1v) is 6.33. The lowest BCUT2D eigenvalue weighted by Crippen LogP contribution is -2.26. The van der Waals surface area contributed by atoms with Gasteiger partial charge in [0, 0.05) is 6.20 Å². The molecular weight excluding hydrogens is 216 g/mol. The van der Waals surface area contributed by atoms with E-state index in [1.807, 2.05) is 12.3 Å². The fourth-order valence-corrected chi connectivity index (χ4v) is 2.48. The van der Waals surface area contributed by atoms with Crippen molar-refractivity contribution in [3.8, 4) is 0 Å². The van der Waals surface area contributed by atoms with Gasteiger partial charge in [0.1, 0.15) is 0 Å². The Morgan fingerprint density at radius 1 is 1.12 bits per heavy atom. The highest BCUT2D eigenvalue weighted by Crippen LogP contribution is 2.27. The Morgan fingerprint density at radius 3 is 2.53 bits per heavy atom. The average molecular weight is 234 g/mol. The predicted octanol–water partition coefficient (Wildman–Crippen LogP) is 1.59. The maximum atomic E-state index is 5.43. The third-order valence-corrected chi connectivity index (χ3v) is 3.48. The fraction of sp³-hybridized carbons (Fsp3) is 0.615. The van der Waals surface area contributed by atoms with Crippen LogP contribution < -0.4 is 5.32 Å². The highest BCUT2D eigenvalue weighted by atomic mass is 16.7. The minimum atomic E-state index is -0.253. The van der Waals surface area contributed by atoms with Crippen molar-refractivity contribution >= 4 is 0 Å². The number of nitrogens with one attached hydrogen (secondary N) is 1. The molecule has 92 valence electrons. The molecule has 1 aromatic rings. The predicted molar refractivity (Wildman–Crippen MR) is 63.7 cm³/mol. The smallest absolute Gasteiger partial charge is 0.201 e. The molecule has 0 atom stereocenters. The first-order valence-electron chi connectivity index (χ1n) is 6.33. The van der Waals surface area contributed by atoms with E-state index in [2.05, 4.69) is 16.4 Å². The van der Waals surface area contributed by atoms with Crippen molar-refractivity contribution in [2.45, 2.75) is 25.0 Å². The van der Waals surface area contributed by atoms with Crippen LogP contribution in [0.5, 0.6) is 0 Å². The summed E-state index contributed by atoms with van der Waals surface area (Å²) in [6, 6.07) is 4.21. The molecule has 1 aromatic heterocycles. The molecule has 1 N–H and O–H groups in total. The third kappa shape index (κ3) is 2.49. The lowest BCUT2D eigenvalue weighted by Gasteiger charge is -2.22. The van der Waals surface area contributed by atoms with Crippen LogP contribution in [0.3, 0.4) is 0 Å². The zero-order valence-corrected chi connectivity index (χ0v) is 9.89. The van der Waals surface area contributed by atoms with Gasteiger partial charge in [0.2, 0.25) is 6.29 Å². The summed E-state index contributed by atoms with van der Waals surface area (Å²) in [5.74, 6) is 0.656. The van der Waals surface area contributed by atoms with Crippen LogP contribution in [-0.2, 0) is 9.47 Å². The number of rotatable bonds is 2. The van der Waals surface area contributed by atoms with Crippen LogP contribution in [0, 0.1) is 0 Å². The van der Waals surface area contributed by atoms with Crippen LogP contribution in [0.2, 0.25) is 0 Å². The lowest BCUT2D eigenvalue weighted by molar-refractivity contribution is -0.0473. The highest BCUT2D eigenvalue weighted by molar-refractivity contribution is 5.19. The summed E-state index contributed by atoms with van der Waals surface area (Å²) < 4.78 is 10.9. The molecule has 17 heavy (non-hydrogen) atoms. The molecule has 2 fully saturated rings. The summed E-state index contributed by atoms with van der Waals surface area (Å²) in [5.41, 5.74) is 2.23. The van der Waals surface area contributed by atoms with E-state index in [0.717, 1.165) is 18.8 Å². The number of hydrogen-bond acceptors (Lipinski definition) is 4. The van der Waals surface area contributed by atoms with E-state index in [4.69, 9.17) is 9.47 Å². The number of pyridine rings is 1. The van der Waals surface area contributed by atoms with Crippen molar-refractivity contribution in [1.29, 1.82) is 0 Å². The second-order valence-electron chi connectivity index (χ2n) is 4.61. The number of hydrogen-bond donors (Lipinski definition) is 1. The molecule has 0 radical (unpaired) electrons. The molecule has 0 bridgehead atoms. The summed E-state index contributed by atoms with van der Waals surface area (Å²) in [7, 11) is 0. The van der Waals surface area contributed by atoms with Crippen molar-refractivity contribution in [2.75, 3.05) is 26.3 Å². The molecule has 0 amide bonds. The summed E-state index contributed by atoms with van der Waals surface area (Å²) in [6.45, 7) is 3.56. The number of ether oxygens (including phenoxy) is 2. The Balaban J connectivity index is 1.70. The zero-order chi connectivity index (χ0) is 11.5. The molecule has 3 heterocycles. The van der Waals surface area contributed by atoms with Crippen LogP contribution in [0.25, 0.3) is 0 Å². The first-order chi connectivity index (χ1) is 8.43. The molecule has 0 aromatic carbocycles. The topological polar surface area (TPSA) is 43.4 Å². The standard InChI is InChI=1S/C13H18N2O2/c1-2-12(13-16-7-8-17-13)15-9-11(1)10-3-5-14-6-4-10/h1-2,9-10,13-14H,3-8H2. The van der Waals surface area contributed by atoms with Gasteiger partial charge in [-0.15, -0.1) is 0 Å². The molecule has 2 aliphatic rings. The molecule has 0 aliphatic carbocycles. The average Bonchev–Trinajstić information content (AvgIpc) is 2.94. The van der Waals surface area contributed by atoms with Gasteiger partial charge in [-0.3, -0.25) is 4.98 Å². The fourth-order valence-electron chi connectivity index (χ4n) is 2.48. The number of piperidine rings is 1. The Morgan fingerprint density at radius 2 is 1.88 bits per heavy atom. The van der Waals surface area contributed by atoms with Gasteiger partial charge in [0.15, 0.2) is 0 Å². The van der Waals surface area contributed by atoms with Crippen molar-refractivity contribution in [3.63, 3.8) is 0 Å². The Hall–Kier alpha value is -0.970. The van der Waals surface area contributed by atoms with Crippen LogP contribution in [0.4, 0.5) is 0 Å². The van der Waals surface area contributed by atoms with Gasteiger partial charge in [-0.05, 0) is 43.5 Å². The van der Waals surface area contributed by atoms with Gasteiger partial charge in [-0.2, -0.15) is 0 Å². The Labute approximate surface area is 101 Å². The van der Waals surface area contributed by atoms with Gasteiger partial charge >= 0.3 is 0 Å². The summed E-state index contributed by atoms with van der Waals surface area (Å²) >= 11 is 0. The van der Waals surface area contributed by atoms with E-state index in [0.29, 0.717) is 19.1 Å². The summed E-state index contributed by atoms with van der Waals surface area (Å²) in [6.07, 6.45) is 4.14. The molecule has 3 rings (SSSR count). The third-order valence-electron chi connectivity index (χ3n) is 3.48. The van der Waals surface area contributed by atoms with Gasteiger partial charge in [0.25, 0.3) is 0 Å². The lowest BCUT2D eigenvalue weighted by atomic mass is 9.91. The first kappa shape index (κ1) is 11.1. The second-order valence-corrected chi connectivity index (χ2v) is 4.61.